The van der Waals surface area contributed by atoms with Crippen molar-refractivity contribution < 1.29 is 9.59 Å². The number of nitrogens with zero attached hydrogens (tertiary/aromatic N) is 3. The predicted octanol–water partition coefficient (Wildman–Crippen LogP) is 3.33. The van der Waals surface area contributed by atoms with Crippen LogP contribution in [0.4, 0.5) is 0 Å². The van der Waals surface area contributed by atoms with Gasteiger partial charge in [0.25, 0.3) is 11.8 Å². The molecule has 0 saturated carbocycles. The molecule has 2 amide bonds. The van der Waals surface area contributed by atoms with Crippen molar-refractivity contribution in [2.24, 2.45) is 0 Å². The molecule has 1 aliphatic rings. The minimum atomic E-state index is -0.166. The molecule has 2 aromatic rings. The molecule has 0 unspecified atom stereocenters. The van der Waals surface area contributed by atoms with Gasteiger partial charge in [-0.05, 0) is 43.5 Å². The van der Waals surface area contributed by atoms with Crippen LogP contribution in [0.25, 0.3) is 5.57 Å². The molecule has 0 N–H and O–H groups in total. The van der Waals surface area contributed by atoms with Crippen LogP contribution < -0.4 is 0 Å². The van der Waals surface area contributed by atoms with Crippen LogP contribution in [-0.4, -0.2) is 53.8 Å². The Kier molecular flexibility index (Phi) is 5.40. The molecule has 0 spiro atoms. The summed E-state index contributed by atoms with van der Waals surface area (Å²) in [5.74, 6) is -0.204. The maximum absolute atomic E-state index is 12.9. The van der Waals surface area contributed by atoms with Crippen molar-refractivity contribution in [3.05, 3.63) is 70.6 Å². The molecule has 3 rings (SSSR count). The molecule has 5 heteroatoms. The third kappa shape index (κ3) is 4.08. The van der Waals surface area contributed by atoms with Crippen LogP contribution in [0.15, 0.2) is 42.5 Å². The number of aromatic nitrogens is 1. The summed E-state index contributed by atoms with van der Waals surface area (Å²) in [6, 6.07) is 11.8. The topological polar surface area (TPSA) is 53.5 Å². The highest BCUT2D eigenvalue weighted by Crippen LogP contribution is 2.24. The Morgan fingerprint density at radius 1 is 1.11 bits per heavy atom. The minimum absolute atomic E-state index is 0.0385. The Morgan fingerprint density at radius 3 is 2.48 bits per heavy atom. The Hall–Kier alpha value is -2.95. The minimum Gasteiger partial charge on any atom is -0.343 e. The molecule has 0 atom stereocenters. The van der Waals surface area contributed by atoms with Gasteiger partial charge in [0, 0.05) is 27.2 Å². The molecule has 1 aromatic carbocycles. The van der Waals surface area contributed by atoms with Gasteiger partial charge in [-0.25, -0.2) is 4.98 Å². The van der Waals surface area contributed by atoms with E-state index in [9.17, 15) is 9.59 Å². The fraction of sp³-hybridized carbons (Fsp3) is 0.318. The first-order chi connectivity index (χ1) is 12.9. The molecule has 0 bridgehead atoms. The fourth-order valence-corrected chi connectivity index (χ4v) is 3.27. The van der Waals surface area contributed by atoms with E-state index in [2.05, 4.69) is 42.2 Å². The van der Waals surface area contributed by atoms with Crippen LogP contribution in [0.1, 0.15) is 44.1 Å². The van der Waals surface area contributed by atoms with Gasteiger partial charge in [0.05, 0.1) is 11.3 Å². The van der Waals surface area contributed by atoms with E-state index < -0.39 is 0 Å². The van der Waals surface area contributed by atoms with Gasteiger partial charge in [-0.2, -0.15) is 0 Å². The van der Waals surface area contributed by atoms with Crippen LogP contribution in [-0.2, 0) is 0 Å². The zero-order chi connectivity index (χ0) is 19.6. The highest BCUT2D eigenvalue weighted by molar-refractivity contribution is 5.97. The van der Waals surface area contributed by atoms with Crippen molar-refractivity contribution in [1.82, 2.24) is 14.8 Å². The van der Waals surface area contributed by atoms with Crippen LogP contribution >= 0.6 is 0 Å². The van der Waals surface area contributed by atoms with Gasteiger partial charge in [0.15, 0.2) is 0 Å². The van der Waals surface area contributed by atoms with Crippen molar-refractivity contribution in [2.45, 2.75) is 20.3 Å². The highest BCUT2D eigenvalue weighted by Gasteiger charge is 2.22. The molecular formula is C22H25N3O2. The predicted molar refractivity (Wildman–Crippen MR) is 107 cm³/mol. The number of carbonyl (C=O) groups excluding carboxylic acids is 2. The zero-order valence-electron chi connectivity index (χ0n) is 16.3. The van der Waals surface area contributed by atoms with Gasteiger partial charge in [0.2, 0.25) is 0 Å². The van der Waals surface area contributed by atoms with E-state index in [1.165, 1.54) is 21.6 Å². The molecule has 0 saturated heterocycles. The number of aryl methyl sites for hydroxylation is 2. The highest BCUT2D eigenvalue weighted by atomic mass is 16.2. The Morgan fingerprint density at radius 2 is 1.89 bits per heavy atom. The first-order valence-electron chi connectivity index (χ1n) is 9.11. The molecule has 140 valence electrons. The lowest BCUT2D eigenvalue weighted by atomic mass is 9.97. The quantitative estimate of drug-likeness (QED) is 0.840. The molecule has 27 heavy (non-hydrogen) atoms. The Labute approximate surface area is 160 Å². The van der Waals surface area contributed by atoms with E-state index in [1.807, 2.05) is 4.90 Å². The molecular weight excluding hydrogens is 338 g/mol. The third-order valence-electron chi connectivity index (χ3n) is 4.83. The number of carbonyl (C=O) groups is 2. The molecule has 1 aliphatic heterocycles. The monoisotopic (exact) mass is 363 g/mol. The van der Waals surface area contributed by atoms with Crippen molar-refractivity contribution in [3.8, 4) is 0 Å². The fourth-order valence-electron chi connectivity index (χ4n) is 3.27. The van der Waals surface area contributed by atoms with E-state index in [4.69, 9.17) is 0 Å². The molecule has 5 nitrogen and oxygen atoms in total. The second-order valence-electron chi connectivity index (χ2n) is 7.13. The van der Waals surface area contributed by atoms with Gasteiger partial charge in [-0.1, -0.05) is 35.9 Å². The van der Waals surface area contributed by atoms with E-state index in [1.54, 1.807) is 33.2 Å². The summed E-state index contributed by atoms with van der Waals surface area (Å²) in [4.78, 5) is 32.6. The third-order valence-corrected chi connectivity index (χ3v) is 4.83. The van der Waals surface area contributed by atoms with E-state index in [0.717, 1.165) is 6.42 Å². The summed E-state index contributed by atoms with van der Waals surface area (Å²) in [5, 5.41) is 0. The van der Waals surface area contributed by atoms with Gasteiger partial charge < -0.3 is 9.80 Å². The molecule has 1 aromatic heterocycles. The maximum atomic E-state index is 12.9. The Balaban J connectivity index is 1.75. The lowest BCUT2D eigenvalue weighted by Gasteiger charge is -2.27. The lowest BCUT2D eigenvalue weighted by molar-refractivity contribution is 0.0768. The number of rotatable bonds is 3. The van der Waals surface area contributed by atoms with Crippen molar-refractivity contribution in [2.75, 3.05) is 27.2 Å². The van der Waals surface area contributed by atoms with Gasteiger partial charge in [0.1, 0.15) is 5.69 Å². The van der Waals surface area contributed by atoms with Crippen molar-refractivity contribution in [3.63, 3.8) is 0 Å². The zero-order valence-corrected chi connectivity index (χ0v) is 16.3. The van der Waals surface area contributed by atoms with Crippen LogP contribution in [0, 0.1) is 13.8 Å². The second kappa shape index (κ2) is 7.74. The van der Waals surface area contributed by atoms with Gasteiger partial charge in [-0.15, -0.1) is 0 Å². The van der Waals surface area contributed by atoms with E-state index in [0.29, 0.717) is 30.0 Å². The number of hydrogen-bond acceptors (Lipinski definition) is 3. The molecule has 2 heterocycles. The second-order valence-corrected chi connectivity index (χ2v) is 7.13. The summed E-state index contributed by atoms with van der Waals surface area (Å²) >= 11 is 0. The van der Waals surface area contributed by atoms with Crippen LogP contribution in [0.2, 0.25) is 0 Å². The summed E-state index contributed by atoms with van der Waals surface area (Å²) in [5.41, 5.74) is 5.24. The van der Waals surface area contributed by atoms with E-state index in [-0.39, 0.29) is 11.8 Å². The van der Waals surface area contributed by atoms with Crippen LogP contribution in [0.5, 0.6) is 0 Å². The normalized spacial score (nSPS) is 13.9. The standard InChI is InChI=1S/C22H25N3O2/c1-15-6-5-7-18(14-15)17-10-12-25(13-11-17)21(26)19-8-9-20(23-16(19)2)22(27)24(3)4/h5-10,14H,11-13H2,1-4H3. The number of hydrogen-bond donors (Lipinski definition) is 0. The van der Waals surface area contributed by atoms with E-state index >= 15 is 0 Å². The number of benzene rings is 1. The summed E-state index contributed by atoms with van der Waals surface area (Å²) in [6.07, 6.45) is 2.96. The number of pyridine rings is 1. The average molecular weight is 363 g/mol. The number of amides is 2. The lowest BCUT2D eigenvalue weighted by Crippen LogP contribution is -2.35. The first-order valence-corrected chi connectivity index (χ1v) is 9.11. The molecule has 0 fully saturated rings. The first kappa shape index (κ1) is 18.8. The summed E-state index contributed by atoms with van der Waals surface area (Å²) in [6.45, 7) is 5.12. The Bertz CT molecular complexity index is 916. The summed E-state index contributed by atoms with van der Waals surface area (Å²) < 4.78 is 0. The van der Waals surface area contributed by atoms with Gasteiger partial charge >= 0.3 is 0 Å². The average Bonchev–Trinajstić information content (AvgIpc) is 2.67. The largest absolute Gasteiger partial charge is 0.343 e. The summed E-state index contributed by atoms with van der Waals surface area (Å²) in [7, 11) is 3.37. The molecule has 0 radical (unpaired) electrons. The smallest absolute Gasteiger partial charge is 0.271 e. The SMILES string of the molecule is Cc1cccc(C2=CCN(C(=O)c3ccc(C(=O)N(C)C)nc3C)CC2)c1. The van der Waals surface area contributed by atoms with Crippen molar-refractivity contribution >= 4 is 17.4 Å². The van der Waals surface area contributed by atoms with Crippen molar-refractivity contribution in [1.29, 1.82) is 0 Å². The van der Waals surface area contributed by atoms with Gasteiger partial charge in [-0.3, -0.25) is 9.59 Å². The molecule has 0 aliphatic carbocycles. The maximum Gasteiger partial charge on any atom is 0.271 e. The van der Waals surface area contributed by atoms with Crippen LogP contribution in [0.3, 0.4) is 0 Å².